The highest BCUT2D eigenvalue weighted by molar-refractivity contribution is 6.10. The van der Waals surface area contributed by atoms with Gasteiger partial charge in [0.25, 0.3) is 11.8 Å². The fraction of sp³-hybridized carbons (Fsp3) is 0.125. The first-order valence-corrected chi connectivity index (χ1v) is 9.77. The van der Waals surface area contributed by atoms with E-state index in [2.05, 4.69) is 29.5 Å². The molecule has 0 atom stereocenters. The molecule has 0 radical (unpaired) electrons. The van der Waals surface area contributed by atoms with E-state index in [1.54, 1.807) is 34.9 Å². The maximum absolute atomic E-state index is 12.9. The standard InChI is InChI=1S/C24H22N4O2/c1-16(2)17-11-13-19(14-12-17)26-24(30)22-27-21(20-10-6-7-15-28(20)22)23(29)25-18-8-4-3-5-9-18/h3-16H,1-2H3,(H,25,29)(H,26,30). The van der Waals surface area contributed by atoms with E-state index in [1.807, 2.05) is 48.5 Å². The minimum absolute atomic E-state index is 0.150. The van der Waals surface area contributed by atoms with Crippen LogP contribution >= 0.6 is 0 Å². The number of imidazole rings is 1. The largest absolute Gasteiger partial charge is 0.321 e. The van der Waals surface area contributed by atoms with E-state index in [0.29, 0.717) is 22.8 Å². The normalized spacial score (nSPS) is 10.9. The lowest BCUT2D eigenvalue weighted by Crippen LogP contribution is -2.16. The van der Waals surface area contributed by atoms with Crippen LogP contribution in [0.4, 0.5) is 11.4 Å². The number of fused-ring (bicyclic) bond motifs is 1. The van der Waals surface area contributed by atoms with Crippen molar-refractivity contribution >= 4 is 28.7 Å². The summed E-state index contributed by atoms with van der Waals surface area (Å²) < 4.78 is 1.62. The molecule has 0 saturated carbocycles. The molecule has 0 aliphatic rings. The number of benzene rings is 2. The predicted molar refractivity (Wildman–Crippen MR) is 118 cm³/mol. The SMILES string of the molecule is CC(C)c1ccc(NC(=O)c2nc(C(=O)Nc3ccccc3)c3ccccn23)cc1. The summed E-state index contributed by atoms with van der Waals surface area (Å²) in [6.45, 7) is 4.23. The minimum atomic E-state index is -0.382. The number of hydrogen-bond donors (Lipinski definition) is 2. The third-order valence-electron chi connectivity index (χ3n) is 4.83. The fourth-order valence-electron chi connectivity index (χ4n) is 3.22. The topological polar surface area (TPSA) is 75.5 Å². The van der Waals surface area contributed by atoms with E-state index < -0.39 is 0 Å². The summed E-state index contributed by atoms with van der Waals surface area (Å²) >= 11 is 0. The number of carbonyl (C=O) groups excluding carboxylic acids is 2. The second-order valence-electron chi connectivity index (χ2n) is 7.29. The number of aromatic nitrogens is 2. The highest BCUT2D eigenvalue weighted by Gasteiger charge is 2.21. The van der Waals surface area contributed by atoms with E-state index in [0.717, 1.165) is 0 Å². The number of nitrogens with zero attached hydrogens (tertiary/aromatic N) is 2. The Hall–Kier alpha value is -3.93. The van der Waals surface area contributed by atoms with Crippen molar-refractivity contribution in [3.05, 3.63) is 96.1 Å². The monoisotopic (exact) mass is 398 g/mol. The zero-order valence-electron chi connectivity index (χ0n) is 16.8. The van der Waals surface area contributed by atoms with Gasteiger partial charge in [-0.3, -0.25) is 14.0 Å². The van der Waals surface area contributed by atoms with Crippen LogP contribution in [-0.4, -0.2) is 21.2 Å². The summed E-state index contributed by atoms with van der Waals surface area (Å²) in [6.07, 6.45) is 1.72. The molecule has 0 spiro atoms. The van der Waals surface area contributed by atoms with Crippen molar-refractivity contribution in [2.24, 2.45) is 0 Å². The van der Waals surface area contributed by atoms with Gasteiger partial charge in [-0.2, -0.15) is 0 Å². The molecule has 2 heterocycles. The first-order chi connectivity index (χ1) is 14.5. The van der Waals surface area contributed by atoms with Crippen molar-refractivity contribution in [1.82, 2.24) is 9.38 Å². The molecule has 2 aromatic heterocycles. The third kappa shape index (κ3) is 3.93. The number of amides is 2. The Morgan fingerprint density at radius 1 is 0.800 bits per heavy atom. The van der Waals surface area contributed by atoms with Gasteiger partial charge in [0.1, 0.15) is 0 Å². The molecule has 2 N–H and O–H groups in total. The molecule has 4 aromatic rings. The van der Waals surface area contributed by atoms with Crippen molar-refractivity contribution in [2.75, 3.05) is 10.6 Å². The maximum Gasteiger partial charge on any atom is 0.292 e. The second-order valence-corrected chi connectivity index (χ2v) is 7.29. The van der Waals surface area contributed by atoms with Crippen LogP contribution in [0, 0.1) is 0 Å². The molecule has 150 valence electrons. The Morgan fingerprint density at radius 3 is 2.13 bits per heavy atom. The van der Waals surface area contributed by atoms with Gasteiger partial charge in [0.2, 0.25) is 5.82 Å². The van der Waals surface area contributed by atoms with Gasteiger partial charge < -0.3 is 10.6 Å². The zero-order valence-corrected chi connectivity index (χ0v) is 16.8. The summed E-state index contributed by atoms with van der Waals surface area (Å²) in [7, 11) is 0. The first kappa shape index (κ1) is 19.4. The van der Waals surface area contributed by atoms with E-state index in [-0.39, 0.29) is 23.3 Å². The van der Waals surface area contributed by atoms with Crippen LogP contribution in [0.25, 0.3) is 5.52 Å². The Morgan fingerprint density at radius 2 is 1.43 bits per heavy atom. The molecular formula is C24H22N4O2. The van der Waals surface area contributed by atoms with Gasteiger partial charge in [0.05, 0.1) is 5.52 Å². The number of hydrogen-bond acceptors (Lipinski definition) is 3. The Balaban J connectivity index is 1.62. The van der Waals surface area contributed by atoms with Gasteiger partial charge >= 0.3 is 0 Å². The fourth-order valence-corrected chi connectivity index (χ4v) is 3.22. The average molecular weight is 398 g/mol. The summed E-state index contributed by atoms with van der Waals surface area (Å²) in [5, 5.41) is 5.69. The van der Waals surface area contributed by atoms with Crippen molar-refractivity contribution < 1.29 is 9.59 Å². The van der Waals surface area contributed by atoms with Crippen molar-refractivity contribution in [1.29, 1.82) is 0 Å². The van der Waals surface area contributed by atoms with Gasteiger partial charge in [-0.1, -0.05) is 50.2 Å². The molecule has 30 heavy (non-hydrogen) atoms. The molecule has 0 bridgehead atoms. The number of rotatable bonds is 5. The van der Waals surface area contributed by atoms with Gasteiger partial charge in [0.15, 0.2) is 5.69 Å². The van der Waals surface area contributed by atoms with Crippen LogP contribution < -0.4 is 10.6 Å². The van der Waals surface area contributed by atoms with E-state index in [4.69, 9.17) is 0 Å². The number of anilines is 2. The van der Waals surface area contributed by atoms with Gasteiger partial charge in [0, 0.05) is 17.6 Å². The van der Waals surface area contributed by atoms with Crippen LogP contribution in [0.1, 0.15) is 46.4 Å². The number of carbonyl (C=O) groups is 2. The highest BCUT2D eigenvalue weighted by atomic mass is 16.2. The molecule has 0 fully saturated rings. The summed E-state index contributed by atoms with van der Waals surface area (Å²) in [5.41, 5.74) is 3.29. The Kier molecular flexibility index (Phi) is 5.30. The van der Waals surface area contributed by atoms with Crippen LogP contribution in [0.5, 0.6) is 0 Å². The van der Waals surface area contributed by atoms with Gasteiger partial charge in [-0.05, 0) is 47.9 Å². The molecule has 2 aromatic carbocycles. The Labute approximate surface area is 174 Å². The molecule has 0 aliphatic heterocycles. The van der Waals surface area contributed by atoms with Crippen LogP contribution in [0.2, 0.25) is 0 Å². The van der Waals surface area contributed by atoms with E-state index in [1.165, 1.54) is 5.56 Å². The molecule has 0 aliphatic carbocycles. The van der Waals surface area contributed by atoms with Crippen molar-refractivity contribution in [3.63, 3.8) is 0 Å². The zero-order chi connectivity index (χ0) is 21.1. The lowest BCUT2D eigenvalue weighted by molar-refractivity contribution is 0.101. The first-order valence-electron chi connectivity index (χ1n) is 9.77. The van der Waals surface area contributed by atoms with E-state index in [9.17, 15) is 9.59 Å². The quantitative estimate of drug-likeness (QED) is 0.499. The summed E-state index contributed by atoms with van der Waals surface area (Å²) in [4.78, 5) is 30.1. The lowest BCUT2D eigenvalue weighted by Gasteiger charge is -2.08. The van der Waals surface area contributed by atoms with Crippen LogP contribution in [0.3, 0.4) is 0 Å². The molecule has 0 saturated heterocycles. The van der Waals surface area contributed by atoms with Gasteiger partial charge in [-0.15, -0.1) is 0 Å². The number of nitrogens with one attached hydrogen (secondary N) is 2. The second kappa shape index (κ2) is 8.21. The summed E-state index contributed by atoms with van der Waals surface area (Å²) in [6, 6.07) is 22.2. The van der Waals surface area contributed by atoms with Crippen LogP contribution in [-0.2, 0) is 0 Å². The minimum Gasteiger partial charge on any atom is -0.321 e. The molecular weight excluding hydrogens is 376 g/mol. The molecule has 6 nitrogen and oxygen atoms in total. The average Bonchev–Trinajstić information content (AvgIpc) is 3.15. The number of pyridine rings is 1. The molecule has 2 amide bonds. The predicted octanol–water partition coefficient (Wildman–Crippen LogP) is 4.96. The van der Waals surface area contributed by atoms with E-state index >= 15 is 0 Å². The lowest BCUT2D eigenvalue weighted by atomic mass is 10.0. The van der Waals surface area contributed by atoms with Crippen molar-refractivity contribution in [2.45, 2.75) is 19.8 Å². The highest BCUT2D eigenvalue weighted by Crippen LogP contribution is 2.19. The maximum atomic E-state index is 12.9. The number of para-hydroxylation sites is 1. The van der Waals surface area contributed by atoms with Crippen LogP contribution in [0.15, 0.2) is 79.0 Å². The smallest absolute Gasteiger partial charge is 0.292 e. The molecule has 6 heteroatoms. The molecule has 4 rings (SSSR count). The Bertz CT molecular complexity index is 1200. The third-order valence-corrected chi connectivity index (χ3v) is 4.83. The van der Waals surface area contributed by atoms with Gasteiger partial charge in [-0.25, -0.2) is 4.98 Å². The van der Waals surface area contributed by atoms with Crippen molar-refractivity contribution in [3.8, 4) is 0 Å². The summed E-state index contributed by atoms with van der Waals surface area (Å²) in [5.74, 6) is -0.189. The molecule has 0 unspecified atom stereocenters.